The van der Waals surface area contributed by atoms with Gasteiger partial charge in [-0.3, -0.25) is 0 Å². The zero-order valence-electron chi connectivity index (χ0n) is 10.9. The summed E-state index contributed by atoms with van der Waals surface area (Å²) in [5.41, 5.74) is 3.20. The van der Waals surface area contributed by atoms with Crippen LogP contribution in [0.3, 0.4) is 0 Å². The largest absolute Gasteiger partial charge is 0.388 e. The molecule has 0 atom stereocenters. The molecule has 0 bridgehead atoms. The molecule has 0 aliphatic rings. The van der Waals surface area contributed by atoms with Crippen molar-refractivity contribution in [3.63, 3.8) is 0 Å². The summed E-state index contributed by atoms with van der Waals surface area (Å²) in [6.45, 7) is 4.25. The van der Waals surface area contributed by atoms with E-state index in [4.69, 9.17) is 0 Å². The Labute approximate surface area is 107 Å². The van der Waals surface area contributed by atoms with Crippen molar-refractivity contribution in [1.29, 1.82) is 0 Å². The van der Waals surface area contributed by atoms with Crippen LogP contribution in [0.4, 0.5) is 17.3 Å². The van der Waals surface area contributed by atoms with Gasteiger partial charge in [-0.15, -0.1) is 0 Å². The first-order chi connectivity index (χ1) is 8.69. The van der Waals surface area contributed by atoms with Crippen LogP contribution in [0.5, 0.6) is 0 Å². The maximum Gasteiger partial charge on any atom is 0.227 e. The lowest BCUT2D eigenvalue weighted by molar-refractivity contribution is 0.847. The molecule has 0 amide bonds. The summed E-state index contributed by atoms with van der Waals surface area (Å²) in [5, 5.41) is 6.25. The van der Waals surface area contributed by atoms with Gasteiger partial charge >= 0.3 is 0 Å². The molecule has 1 heterocycles. The summed E-state index contributed by atoms with van der Waals surface area (Å²) >= 11 is 0. The summed E-state index contributed by atoms with van der Waals surface area (Å²) in [7, 11) is 1.90. The van der Waals surface area contributed by atoms with Crippen LogP contribution in [-0.2, 0) is 0 Å². The van der Waals surface area contributed by atoms with E-state index >= 15 is 0 Å². The topological polar surface area (TPSA) is 49.8 Å². The van der Waals surface area contributed by atoms with Crippen molar-refractivity contribution in [2.45, 2.75) is 19.8 Å². The van der Waals surface area contributed by atoms with Crippen LogP contribution in [0.15, 0.2) is 36.7 Å². The van der Waals surface area contributed by atoms with Crippen LogP contribution in [0, 0.1) is 0 Å². The Hall–Kier alpha value is -2.10. The predicted molar refractivity (Wildman–Crippen MR) is 75.4 cm³/mol. The van der Waals surface area contributed by atoms with E-state index in [9.17, 15) is 0 Å². The van der Waals surface area contributed by atoms with Crippen molar-refractivity contribution in [2.75, 3.05) is 17.7 Å². The van der Waals surface area contributed by atoms with Crippen molar-refractivity contribution in [3.8, 4) is 0 Å². The van der Waals surface area contributed by atoms with Gasteiger partial charge in [0.15, 0.2) is 0 Å². The molecule has 0 aliphatic carbocycles. The fourth-order valence-electron chi connectivity index (χ4n) is 1.55. The number of benzene rings is 1. The van der Waals surface area contributed by atoms with E-state index in [0.29, 0.717) is 11.9 Å². The average molecular weight is 242 g/mol. The van der Waals surface area contributed by atoms with Crippen LogP contribution in [0.1, 0.15) is 25.3 Å². The molecular formula is C14H18N4. The Morgan fingerprint density at radius 2 is 1.50 bits per heavy atom. The molecule has 4 nitrogen and oxygen atoms in total. The maximum absolute atomic E-state index is 4.30. The second-order valence-corrected chi connectivity index (χ2v) is 4.45. The summed E-state index contributed by atoms with van der Waals surface area (Å²) in [6.07, 6.45) is 3.73. The third kappa shape index (κ3) is 2.97. The Morgan fingerprint density at radius 3 is 2.00 bits per heavy atom. The number of hydrogen-bond acceptors (Lipinski definition) is 4. The van der Waals surface area contributed by atoms with E-state index in [0.717, 1.165) is 16.9 Å². The van der Waals surface area contributed by atoms with Crippen LogP contribution >= 0.6 is 0 Å². The zero-order chi connectivity index (χ0) is 13.0. The maximum atomic E-state index is 4.30. The fraction of sp³-hybridized carbons (Fsp3) is 0.286. The smallest absolute Gasteiger partial charge is 0.227 e. The lowest BCUT2D eigenvalue weighted by Gasteiger charge is -2.08. The normalized spacial score (nSPS) is 10.4. The van der Waals surface area contributed by atoms with E-state index < -0.39 is 0 Å². The van der Waals surface area contributed by atoms with E-state index in [1.165, 1.54) is 0 Å². The molecular weight excluding hydrogens is 224 g/mol. The molecule has 0 aliphatic heterocycles. The van der Waals surface area contributed by atoms with E-state index in [1.807, 2.05) is 43.7 Å². The highest BCUT2D eigenvalue weighted by atomic mass is 15.1. The van der Waals surface area contributed by atoms with Crippen molar-refractivity contribution >= 4 is 17.3 Å². The quantitative estimate of drug-likeness (QED) is 0.863. The number of nitrogens with one attached hydrogen (secondary N) is 2. The molecule has 1 aromatic carbocycles. The standard InChI is InChI=1S/C14H18N4/c1-10(2)11-8-16-14(17-9-11)18-13-6-4-12(15-3)5-7-13/h4-10,15H,1-3H3,(H,16,17,18). The molecule has 18 heavy (non-hydrogen) atoms. The first-order valence-electron chi connectivity index (χ1n) is 6.06. The Morgan fingerprint density at radius 1 is 0.944 bits per heavy atom. The van der Waals surface area contributed by atoms with Crippen molar-refractivity contribution in [2.24, 2.45) is 0 Å². The van der Waals surface area contributed by atoms with E-state index in [2.05, 4.69) is 34.4 Å². The van der Waals surface area contributed by atoms with Crippen LogP contribution in [0.25, 0.3) is 0 Å². The minimum Gasteiger partial charge on any atom is -0.388 e. The third-order valence-corrected chi connectivity index (χ3v) is 2.77. The van der Waals surface area contributed by atoms with E-state index in [1.54, 1.807) is 0 Å². The van der Waals surface area contributed by atoms with Gasteiger partial charge in [-0.05, 0) is 35.7 Å². The Bertz CT molecular complexity index is 488. The lowest BCUT2D eigenvalue weighted by Crippen LogP contribution is -1.99. The van der Waals surface area contributed by atoms with Crippen LogP contribution in [-0.4, -0.2) is 17.0 Å². The van der Waals surface area contributed by atoms with Crippen molar-refractivity contribution in [3.05, 3.63) is 42.2 Å². The minimum absolute atomic E-state index is 0.453. The fourth-order valence-corrected chi connectivity index (χ4v) is 1.55. The van der Waals surface area contributed by atoms with Crippen LogP contribution in [0.2, 0.25) is 0 Å². The number of rotatable bonds is 4. The summed E-state index contributed by atoms with van der Waals surface area (Å²) < 4.78 is 0. The van der Waals surface area contributed by atoms with Gasteiger partial charge in [0.05, 0.1) is 0 Å². The SMILES string of the molecule is CNc1ccc(Nc2ncc(C(C)C)cn2)cc1. The second-order valence-electron chi connectivity index (χ2n) is 4.45. The summed E-state index contributed by atoms with van der Waals surface area (Å²) in [6, 6.07) is 7.99. The van der Waals surface area contributed by atoms with Gasteiger partial charge < -0.3 is 10.6 Å². The zero-order valence-corrected chi connectivity index (χ0v) is 10.9. The predicted octanol–water partition coefficient (Wildman–Crippen LogP) is 3.39. The Kier molecular flexibility index (Phi) is 3.77. The highest BCUT2D eigenvalue weighted by Gasteiger charge is 2.01. The molecule has 4 heteroatoms. The summed E-state index contributed by atoms with van der Waals surface area (Å²) in [5.74, 6) is 1.07. The van der Waals surface area contributed by atoms with Crippen LogP contribution < -0.4 is 10.6 Å². The van der Waals surface area contributed by atoms with E-state index in [-0.39, 0.29) is 0 Å². The molecule has 2 aromatic rings. The van der Waals surface area contributed by atoms with Crippen molar-refractivity contribution in [1.82, 2.24) is 9.97 Å². The van der Waals surface area contributed by atoms with Gasteiger partial charge in [0.25, 0.3) is 0 Å². The molecule has 2 rings (SSSR count). The number of aromatic nitrogens is 2. The lowest BCUT2D eigenvalue weighted by atomic mass is 10.1. The van der Waals surface area contributed by atoms with Gasteiger partial charge in [0.2, 0.25) is 5.95 Å². The highest BCUT2D eigenvalue weighted by molar-refractivity contribution is 5.58. The average Bonchev–Trinajstić information content (AvgIpc) is 2.40. The first kappa shape index (κ1) is 12.4. The molecule has 0 saturated carbocycles. The number of nitrogens with zero attached hydrogens (tertiary/aromatic N) is 2. The van der Waals surface area contributed by atoms with Gasteiger partial charge in [-0.25, -0.2) is 9.97 Å². The first-order valence-corrected chi connectivity index (χ1v) is 6.06. The summed E-state index contributed by atoms with van der Waals surface area (Å²) in [4.78, 5) is 8.60. The van der Waals surface area contributed by atoms with Gasteiger partial charge in [0.1, 0.15) is 0 Å². The highest BCUT2D eigenvalue weighted by Crippen LogP contribution is 2.17. The molecule has 0 spiro atoms. The molecule has 2 N–H and O–H groups in total. The molecule has 0 saturated heterocycles. The third-order valence-electron chi connectivity index (χ3n) is 2.77. The Balaban J connectivity index is 2.08. The monoisotopic (exact) mass is 242 g/mol. The number of anilines is 3. The second kappa shape index (κ2) is 5.49. The molecule has 0 unspecified atom stereocenters. The number of hydrogen-bond donors (Lipinski definition) is 2. The minimum atomic E-state index is 0.453. The molecule has 0 fully saturated rings. The molecule has 1 aromatic heterocycles. The molecule has 0 radical (unpaired) electrons. The molecule has 94 valence electrons. The van der Waals surface area contributed by atoms with Gasteiger partial charge in [-0.1, -0.05) is 13.8 Å². The van der Waals surface area contributed by atoms with Crippen molar-refractivity contribution < 1.29 is 0 Å². The van der Waals surface area contributed by atoms with Gasteiger partial charge in [0, 0.05) is 30.8 Å². The van der Waals surface area contributed by atoms with Gasteiger partial charge in [-0.2, -0.15) is 0 Å².